The van der Waals surface area contributed by atoms with Crippen LogP contribution in [0.1, 0.15) is 59.3 Å². The third-order valence-electron chi connectivity index (χ3n) is 2.79. The predicted molar refractivity (Wildman–Crippen MR) is 55.7 cm³/mol. The number of rotatable bonds is 9. The molecule has 0 saturated carbocycles. The van der Waals surface area contributed by atoms with E-state index in [9.17, 15) is 4.79 Å². The number of carbonyl (C=O) groups is 1. The van der Waals surface area contributed by atoms with Gasteiger partial charge in [0.05, 0.1) is 0 Å². The summed E-state index contributed by atoms with van der Waals surface area (Å²) in [6, 6.07) is 0. The topological polar surface area (TPSA) is 35.5 Å². The van der Waals surface area contributed by atoms with Gasteiger partial charge in [0.1, 0.15) is 5.60 Å². The van der Waals surface area contributed by atoms with Crippen LogP contribution in [0.4, 0.5) is 0 Å². The fourth-order valence-corrected chi connectivity index (χ4v) is 1.58. The van der Waals surface area contributed by atoms with E-state index in [0.29, 0.717) is 6.47 Å². The lowest BCUT2D eigenvalue weighted by atomic mass is 9.91. The Hall–Kier alpha value is -0.570. The Kier molecular flexibility index (Phi) is 7.48. The second-order valence-corrected chi connectivity index (χ2v) is 3.62. The summed E-state index contributed by atoms with van der Waals surface area (Å²) in [4.78, 5) is 19.7. The molecule has 3 nitrogen and oxygen atoms in total. The van der Waals surface area contributed by atoms with Crippen molar-refractivity contribution in [1.29, 1.82) is 0 Å². The summed E-state index contributed by atoms with van der Waals surface area (Å²) < 4.78 is 0. The SMILES string of the molecule is CCCCCC(CC)(CC)OOC=O. The molecule has 0 unspecified atom stereocenters. The van der Waals surface area contributed by atoms with Gasteiger partial charge in [-0.1, -0.05) is 40.0 Å². The minimum absolute atomic E-state index is 0.268. The van der Waals surface area contributed by atoms with Crippen LogP contribution >= 0.6 is 0 Å². The van der Waals surface area contributed by atoms with E-state index in [1.165, 1.54) is 12.8 Å². The van der Waals surface area contributed by atoms with Crippen LogP contribution in [0.15, 0.2) is 0 Å². The van der Waals surface area contributed by atoms with Gasteiger partial charge >= 0.3 is 6.47 Å². The highest BCUT2D eigenvalue weighted by Gasteiger charge is 2.28. The van der Waals surface area contributed by atoms with Gasteiger partial charge in [0, 0.05) is 0 Å². The van der Waals surface area contributed by atoms with E-state index in [0.717, 1.165) is 25.7 Å². The van der Waals surface area contributed by atoms with Gasteiger partial charge in [-0.25, -0.2) is 0 Å². The molecule has 0 atom stereocenters. The van der Waals surface area contributed by atoms with Crippen molar-refractivity contribution in [2.45, 2.75) is 64.9 Å². The first-order chi connectivity index (χ1) is 6.74. The van der Waals surface area contributed by atoms with Gasteiger partial charge in [0.2, 0.25) is 0 Å². The highest BCUT2D eigenvalue weighted by molar-refractivity contribution is 5.35. The summed E-state index contributed by atoms with van der Waals surface area (Å²) in [6.45, 7) is 6.63. The molecule has 0 fully saturated rings. The van der Waals surface area contributed by atoms with Gasteiger partial charge in [-0.05, 0) is 19.3 Å². The van der Waals surface area contributed by atoms with Crippen molar-refractivity contribution in [3.05, 3.63) is 0 Å². The zero-order chi connectivity index (χ0) is 10.9. The summed E-state index contributed by atoms with van der Waals surface area (Å²) in [5.41, 5.74) is -0.268. The van der Waals surface area contributed by atoms with Crippen LogP contribution in [-0.4, -0.2) is 12.1 Å². The number of hydrogen-bond acceptors (Lipinski definition) is 3. The summed E-state index contributed by atoms with van der Waals surface area (Å²) in [7, 11) is 0. The lowest BCUT2D eigenvalue weighted by molar-refractivity contribution is -0.327. The molecule has 0 aliphatic heterocycles. The number of unbranched alkanes of at least 4 members (excludes halogenated alkanes) is 2. The number of hydrogen-bond donors (Lipinski definition) is 0. The molecule has 0 aliphatic carbocycles. The van der Waals surface area contributed by atoms with Crippen molar-refractivity contribution in [2.24, 2.45) is 0 Å². The summed E-state index contributed by atoms with van der Waals surface area (Å²) in [6.07, 6.45) is 6.23. The van der Waals surface area contributed by atoms with Gasteiger partial charge in [0.15, 0.2) is 0 Å². The first-order valence-electron chi connectivity index (χ1n) is 5.52. The van der Waals surface area contributed by atoms with Gasteiger partial charge in [-0.3, -0.25) is 4.79 Å². The molecule has 0 bridgehead atoms. The standard InChI is InChI=1S/C11H22O3/c1-4-7-8-9-11(5-2,6-3)14-13-10-12/h10H,4-9H2,1-3H3. The third kappa shape index (κ3) is 4.61. The molecule has 3 heteroatoms. The Morgan fingerprint density at radius 1 is 1.14 bits per heavy atom. The molecule has 0 amide bonds. The van der Waals surface area contributed by atoms with E-state index in [1.54, 1.807) is 0 Å². The molecule has 14 heavy (non-hydrogen) atoms. The molecular weight excluding hydrogens is 180 g/mol. The van der Waals surface area contributed by atoms with Crippen LogP contribution in [0.3, 0.4) is 0 Å². The molecule has 0 aromatic rings. The maximum absolute atomic E-state index is 10.1. The van der Waals surface area contributed by atoms with E-state index >= 15 is 0 Å². The summed E-state index contributed by atoms with van der Waals surface area (Å²) >= 11 is 0. The van der Waals surface area contributed by atoms with Crippen LogP contribution in [-0.2, 0) is 14.6 Å². The molecule has 0 saturated heterocycles. The largest absolute Gasteiger partial charge is 0.330 e. The van der Waals surface area contributed by atoms with E-state index in [-0.39, 0.29) is 5.60 Å². The van der Waals surface area contributed by atoms with Gasteiger partial charge in [-0.15, -0.1) is 0 Å². The van der Waals surface area contributed by atoms with Gasteiger partial charge < -0.3 is 4.89 Å². The molecule has 0 aromatic heterocycles. The van der Waals surface area contributed by atoms with Crippen LogP contribution in [0.5, 0.6) is 0 Å². The molecule has 0 heterocycles. The zero-order valence-corrected chi connectivity index (χ0v) is 9.54. The fraction of sp³-hybridized carbons (Fsp3) is 0.909. The molecule has 0 aromatic carbocycles. The lowest BCUT2D eigenvalue weighted by Gasteiger charge is -2.28. The zero-order valence-electron chi connectivity index (χ0n) is 9.54. The Labute approximate surface area is 86.7 Å². The van der Waals surface area contributed by atoms with Crippen LogP contribution in [0, 0.1) is 0 Å². The molecule has 0 rings (SSSR count). The van der Waals surface area contributed by atoms with Gasteiger partial charge in [0.25, 0.3) is 0 Å². The fourth-order valence-electron chi connectivity index (χ4n) is 1.58. The summed E-state index contributed by atoms with van der Waals surface area (Å²) in [5, 5.41) is 0. The Balaban J connectivity index is 3.99. The van der Waals surface area contributed by atoms with Gasteiger partial charge in [-0.2, -0.15) is 4.89 Å². The van der Waals surface area contributed by atoms with Crippen molar-refractivity contribution >= 4 is 6.47 Å². The molecule has 84 valence electrons. The second kappa shape index (κ2) is 7.80. The Morgan fingerprint density at radius 3 is 2.21 bits per heavy atom. The highest BCUT2D eigenvalue weighted by atomic mass is 17.2. The maximum Gasteiger partial charge on any atom is 0.330 e. The average Bonchev–Trinajstić information content (AvgIpc) is 2.24. The van der Waals surface area contributed by atoms with Crippen LogP contribution in [0.2, 0.25) is 0 Å². The van der Waals surface area contributed by atoms with Crippen molar-refractivity contribution in [3.63, 3.8) is 0 Å². The average molecular weight is 202 g/mol. The van der Waals surface area contributed by atoms with Crippen LogP contribution in [0.25, 0.3) is 0 Å². The van der Waals surface area contributed by atoms with E-state index < -0.39 is 0 Å². The highest BCUT2D eigenvalue weighted by Crippen LogP contribution is 2.27. The Bertz CT molecular complexity index is 141. The van der Waals surface area contributed by atoms with Crippen molar-refractivity contribution in [3.8, 4) is 0 Å². The minimum Gasteiger partial charge on any atom is -0.301 e. The Morgan fingerprint density at radius 2 is 1.79 bits per heavy atom. The smallest absolute Gasteiger partial charge is 0.301 e. The monoisotopic (exact) mass is 202 g/mol. The molecule has 0 radical (unpaired) electrons. The molecule has 0 aliphatic rings. The van der Waals surface area contributed by atoms with Crippen LogP contribution < -0.4 is 0 Å². The van der Waals surface area contributed by atoms with Crippen molar-refractivity contribution in [1.82, 2.24) is 0 Å². The summed E-state index contributed by atoms with van der Waals surface area (Å²) in [5.74, 6) is 0. The predicted octanol–water partition coefficient (Wildman–Crippen LogP) is 3.23. The first kappa shape index (κ1) is 13.4. The molecule has 0 N–H and O–H groups in total. The van der Waals surface area contributed by atoms with Crippen molar-refractivity contribution < 1.29 is 14.6 Å². The first-order valence-corrected chi connectivity index (χ1v) is 5.52. The maximum atomic E-state index is 10.1. The third-order valence-corrected chi connectivity index (χ3v) is 2.79. The molecule has 0 spiro atoms. The molecular formula is C11H22O3. The minimum atomic E-state index is -0.268. The van der Waals surface area contributed by atoms with E-state index in [2.05, 4.69) is 25.7 Å². The number of carbonyl (C=O) groups excluding carboxylic acids is 1. The quantitative estimate of drug-likeness (QED) is 0.249. The lowest BCUT2D eigenvalue weighted by Crippen LogP contribution is -2.31. The van der Waals surface area contributed by atoms with E-state index in [4.69, 9.17) is 4.89 Å². The normalized spacial score (nSPS) is 11.4. The second-order valence-electron chi connectivity index (χ2n) is 3.62. The van der Waals surface area contributed by atoms with Crippen molar-refractivity contribution in [2.75, 3.05) is 0 Å². The van der Waals surface area contributed by atoms with E-state index in [1.807, 2.05) is 0 Å².